The molecule has 0 unspecified atom stereocenters. The van der Waals surface area contributed by atoms with Gasteiger partial charge in [-0.1, -0.05) is 0 Å². The molecule has 0 saturated carbocycles. The molecule has 0 saturated heterocycles. The number of methoxy groups -OCH3 is 1. The van der Waals surface area contributed by atoms with Crippen LogP contribution in [0, 0.1) is 6.92 Å². The molecule has 3 aromatic rings. The number of carbonyl (C=O) groups is 1. The van der Waals surface area contributed by atoms with E-state index in [1.54, 1.807) is 31.4 Å². The molecule has 0 spiro atoms. The summed E-state index contributed by atoms with van der Waals surface area (Å²) in [5.74, 6) is 1.92. The molecule has 0 aliphatic rings. The molecule has 30 heavy (non-hydrogen) atoms. The monoisotopic (exact) mass is 411 g/mol. The second-order valence-corrected chi connectivity index (χ2v) is 7.02. The Morgan fingerprint density at radius 1 is 1.20 bits per heavy atom. The highest BCUT2D eigenvalue weighted by atomic mass is 16.5. The summed E-state index contributed by atoms with van der Waals surface area (Å²) in [5.41, 5.74) is 9.23. The summed E-state index contributed by atoms with van der Waals surface area (Å²) in [4.78, 5) is 21.2. The van der Waals surface area contributed by atoms with Gasteiger partial charge in [-0.15, -0.1) is 0 Å². The molecule has 3 rings (SSSR count). The number of aromatic nitrogens is 3. The topological polar surface area (TPSA) is 104 Å². The fourth-order valence-corrected chi connectivity index (χ4v) is 3.32. The number of nitrogens with zero attached hydrogens (tertiary/aromatic N) is 3. The minimum absolute atomic E-state index is 0.0859. The van der Waals surface area contributed by atoms with Crippen molar-refractivity contribution < 1.29 is 14.3 Å². The molecule has 1 aromatic carbocycles. The molecule has 160 valence electrons. The highest BCUT2D eigenvalue weighted by molar-refractivity contribution is 5.94. The lowest BCUT2D eigenvalue weighted by Crippen LogP contribution is -2.24. The first-order chi connectivity index (χ1) is 14.5. The summed E-state index contributed by atoms with van der Waals surface area (Å²) >= 11 is 0. The van der Waals surface area contributed by atoms with Crippen molar-refractivity contribution in [3.8, 4) is 5.75 Å². The molecule has 8 heteroatoms. The van der Waals surface area contributed by atoms with Gasteiger partial charge in [0.15, 0.2) is 5.82 Å². The summed E-state index contributed by atoms with van der Waals surface area (Å²) in [6.45, 7) is 6.29. The number of nitrogens with two attached hydrogens (primary N) is 1. The number of ether oxygens (including phenoxy) is 2. The van der Waals surface area contributed by atoms with Crippen molar-refractivity contribution in [2.75, 3.05) is 26.0 Å². The second-order valence-electron chi connectivity index (χ2n) is 7.02. The molecule has 2 heterocycles. The molecule has 8 nitrogen and oxygen atoms in total. The number of fused-ring (bicyclic) bond motifs is 1. The van der Waals surface area contributed by atoms with Gasteiger partial charge in [0, 0.05) is 31.0 Å². The number of hydrogen-bond acceptors (Lipinski definition) is 6. The van der Waals surface area contributed by atoms with Crippen molar-refractivity contribution in [3.63, 3.8) is 0 Å². The molecule has 0 bridgehead atoms. The molecule has 0 aliphatic heterocycles. The van der Waals surface area contributed by atoms with Crippen molar-refractivity contribution in [1.29, 1.82) is 0 Å². The van der Waals surface area contributed by atoms with Gasteiger partial charge < -0.3 is 25.1 Å². The van der Waals surface area contributed by atoms with Gasteiger partial charge in [0.2, 0.25) is 0 Å². The Kier molecular flexibility index (Phi) is 7.24. The van der Waals surface area contributed by atoms with E-state index < -0.39 is 0 Å². The van der Waals surface area contributed by atoms with E-state index in [0.717, 1.165) is 42.2 Å². The smallest absolute Gasteiger partial charge is 0.251 e. The molecule has 1 amide bonds. The number of anilines is 1. The lowest BCUT2D eigenvalue weighted by Gasteiger charge is -2.10. The zero-order valence-electron chi connectivity index (χ0n) is 17.8. The fraction of sp³-hybridized carbons (Fsp3) is 0.409. The first-order valence-corrected chi connectivity index (χ1v) is 10.2. The summed E-state index contributed by atoms with van der Waals surface area (Å²) in [6, 6.07) is 9.07. The van der Waals surface area contributed by atoms with Crippen LogP contribution >= 0.6 is 0 Å². The second kappa shape index (κ2) is 10.1. The molecule has 0 radical (unpaired) electrons. The summed E-state index contributed by atoms with van der Waals surface area (Å²) < 4.78 is 12.8. The van der Waals surface area contributed by atoms with Crippen LogP contribution in [0.3, 0.4) is 0 Å². The van der Waals surface area contributed by atoms with Crippen molar-refractivity contribution in [3.05, 3.63) is 47.4 Å². The van der Waals surface area contributed by atoms with E-state index in [1.165, 1.54) is 0 Å². The normalized spacial score (nSPS) is 11.0. The van der Waals surface area contributed by atoms with Crippen molar-refractivity contribution in [2.45, 2.75) is 39.8 Å². The van der Waals surface area contributed by atoms with Crippen molar-refractivity contribution >= 4 is 22.8 Å². The molecular formula is C22H29N5O3. The van der Waals surface area contributed by atoms with Gasteiger partial charge in [-0.25, -0.2) is 9.97 Å². The average molecular weight is 412 g/mol. The lowest BCUT2D eigenvalue weighted by molar-refractivity contribution is 0.0953. The van der Waals surface area contributed by atoms with Gasteiger partial charge in [-0.3, -0.25) is 4.79 Å². The van der Waals surface area contributed by atoms with Crippen molar-refractivity contribution in [1.82, 2.24) is 19.9 Å². The van der Waals surface area contributed by atoms with Gasteiger partial charge in [-0.05, 0) is 57.0 Å². The number of amides is 1. The van der Waals surface area contributed by atoms with E-state index in [0.29, 0.717) is 36.7 Å². The van der Waals surface area contributed by atoms with Crippen LogP contribution in [-0.4, -0.2) is 40.7 Å². The Morgan fingerprint density at radius 2 is 1.97 bits per heavy atom. The number of benzene rings is 1. The zero-order valence-corrected chi connectivity index (χ0v) is 17.8. The Morgan fingerprint density at radius 3 is 2.67 bits per heavy atom. The first kappa shape index (κ1) is 21.6. The third-order valence-corrected chi connectivity index (χ3v) is 4.85. The van der Waals surface area contributed by atoms with Crippen molar-refractivity contribution in [2.24, 2.45) is 0 Å². The molecule has 3 N–H and O–H groups in total. The number of nitrogens with one attached hydrogen (secondary N) is 1. The van der Waals surface area contributed by atoms with Gasteiger partial charge in [0.1, 0.15) is 23.7 Å². The van der Waals surface area contributed by atoms with E-state index in [2.05, 4.69) is 19.9 Å². The molecular weight excluding hydrogens is 382 g/mol. The van der Waals surface area contributed by atoms with Crippen LogP contribution in [0.4, 0.5) is 5.82 Å². The maximum Gasteiger partial charge on any atom is 0.251 e. The largest absolute Gasteiger partial charge is 0.497 e. The number of nitrogen functional groups attached to an aromatic ring is 1. The number of pyridine rings is 1. The number of hydrogen-bond donors (Lipinski definition) is 2. The Hall–Kier alpha value is -3.13. The van der Waals surface area contributed by atoms with E-state index in [-0.39, 0.29) is 5.91 Å². The summed E-state index contributed by atoms with van der Waals surface area (Å²) in [7, 11) is 1.60. The molecule has 0 fully saturated rings. The highest BCUT2D eigenvalue weighted by Gasteiger charge is 2.14. The number of unbranched alkanes of at least 4 members (excludes halogenated alkanes) is 1. The minimum Gasteiger partial charge on any atom is -0.497 e. The number of aryl methyl sites for hydroxylation is 2. The number of rotatable bonds is 10. The predicted octanol–water partition coefficient (Wildman–Crippen LogP) is 3.08. The van der Waals surface area contributed by atoms with Gasteiger partial charge >= 0.3 is 0 Å². The molecule has 2 aromatic heterocycles. The lowest BCUT2D eigenvalue weighted by atomic mass is 10.2. The number of imidazole rings is 1. The third kappa shape index (κ3) is 5.07. The van der Waals surface area contributed by atoms with Crippen LogP contribution in [0.15, 0.2) is 30.3 Å². The SMILES string of the molecule is CCOCc1nc2c(N)nc(C)cc2n1CCCCNC(=O)c1ccc(OC)cc1. The first-order valence-electron chi connectivity index (χ1n) is 10.2. The minimum atomic E-state index is -0.0859. The van der Waals surface area contributed by atoms with Crippen LogP contribution in [0.1, 0.15) is 41.6 Å². The highest BCUT2D eigenvalue weighted by Crippen LogP contribution is 2.23. The maximum absolute atomic E-state index is 12.3. The maximum atomic E-state index is 12.3. The standard InChI is InChI=1S/C22H29N5O3/c1-4-30-14-19-26-20-18(13-15(2)25-21(20)23)27(19)12-6-5-11-24-22(28)16-7-9-17(29-3)10-8-16/h7-10,13H,4-6,11-12,14H2,1-3H3,(H2,23,25)(H,24,28). The van der Waals surface area contributed by atoms with E-state index >= 15 is 0 Å². The fourth-order valence-electron chi connectivity index (χ4n) is 3.32. The van der Waals surface area contributed by atoms with Crippen LogP contribution < -0.4 is 15.8 Å². The number of carbonyl (C=O) groups excluding carboxylic acids is 1. The Bertz CT molecular complexity index is 998. The van der Waals surface area contributed by atoms with Crippen LogP contribution in [0.2, 0.25) is 0 Å². The van der Waals surface area contributed by atoms with E-state index in [1.807, 2.05) is 19.9 Å². The Labute approximate surface area is 176 Å². The van der Waals surface area contributed by atoms with Gasteiger partial charge in [0.05, 0.1) is 12.6 Å². The van der Waals surface area contributed by atoms with Crippen LogP contribution in [-0.2, 0) is 17.9 Å². The predicted molar refractivity (Wildman–Crippen MR) is 117 cm³/mol. The van der Waals surface area contributed by atoms with Crippen LogP contribution in [0.25, 0.3) is 11.0 Å². The third-order valence-electron chi connectivity index (χ3n) is 4.85. The molecule has 0 atom stereocenters. The van der Waals surface area contributed by atoms with Crippen LogP contribution in [0.5, 0.6) is 5.75 Å². The van der Waals surface area contributed by atoms with E-state index in [4.69, 9.17) is 15.2 Å². The Balaban J connectivity index is 1.59. The summed E-state index contributed by atoms with van der Waals surface area (Å²) in [6.07, 6.45) is 1.73. The average Bonchev–Trinajstić information content (AvgIpc) is 3.09. The summed E-state index contributed by atoms with van der Waals surface area (Å²) in [5, 5.41) is 2.96. The molecule has 0 aliphatic carbocycles. The van der Waals surface area contributed by atoms with Gasteiger partial charge in [0.25, 0.3) is 5.91 Å². The zero-order chi connectivity index (χ0) is 21.5. The van der Waals surface area contributed by atoms with Gasteiger partial charge in [-0.2, -0.15) is 0 Å². The van der Waals surface area contributed by atoms with E-state index in [9.17, 15) is 4.79 Å². The quantitative estimate of drug-likeness (QED) is 0.497.